The van der Waals surface area contributed by atoms with Gasteiger partial charge in [0.1, 0.15) is 15.6 Å². The van der Waals surface area contributed by atoms with Crippen LogP contribution in [0.5, 0.6) is 0 Å². The number of aromatic nitrogens is 4. The molecule has 3 aromatic heterocycles. The van der Waals surface area contributed by atoms with Gasteiger partial charge in [0.15, 0.2) is 0 Å². The number of aryl methyl sites for hydroxylation is 1. The molecule has 1 aromatic carbocycles. The molecular weight excluding hydrogens is 372 g/mol. The van der Waals surface area contributed by atoms with Crippen molar-refractivity contribution in [1.29, 1.82) is 0 Å². The molecule has 0 spiro atoms. The van der Waals surface area contributed by atoms with Crippen LogP contribution in [-0.2, 0) is 0 Å². The first kappa shape index (κ1) is 17.8. The molecule has 7 heteroatoms. The van der Waals surface area contributed by atoms with Crippen molar-refractivity contribution in [3.63, 3.8) is 0 Å². The van der Waals surface area contributed by atoms with E-state index in [-0.39, 0.29) is 4.88 Å². The number of rotatable bonds is 5. The van der Waals surface area contributed by atoms with E-state index in [1.165, 1.54) is 0 Å². The average molecular weight is 388 g/mol. The summed E-state index contributed by atoms with van der Waals surface area (Å²) in [4.78, 5) is 19.9. The smallest absolute Gasteiger partial charge is 0.347 e. The van der Waals surface area contributed by atoms with Crippen LogP contribution in [0.4, 0.5) is 0 Å². The summed E-state index contributed by atoms with van der Waals surface area (Å²) in [5.74, 6) is -0.955. The Labute approximate surface area is 165 Å². The molecule has 3 heterocycles. The third kappa shape index (κ3) is 3.60. The molecule has 0 saturated carbocycles. The van der Waals surface area contributed by atoms with Gasteiger partial charge in [-0.3, -0.25) is 4.98 Å². The number of benzene rings is 1. The van der Waals surface area contributed by atoms with Crippen LogP contribution in [0, 0.1) is 6.92 Å². The molecule has 4 aromatic rings. The minimum atomic E-state index is -0.955. The van der Waals surface area contributed by atoms with Crippen LogP contribution in [0.3, 0.4) is 0 Å². The molecule has 138 valence electrons. The summed E-state index contributed by atoms with van der Waals surface area (Å²) in [6.07, 6.45) is 9.13. The summed E-state index contributed by atoms with van der Waals surface area (Å²) in [5.41, 5.74) is 4.14. The maximum atomic E-state index is 11.2. The van der Waals surface area contributed by atoms with E-state index < -0.39 is 5.97 Å². The lowest BCUT2D eigenvalue weighted by atomic mass is 10.1. The number of carboxylic acids is 1. The van der Waals surface area contributed by atoms with Gasteiger partial charge in [-0.05, 0) is 43.3 Å². The average Bonchev–Trinajstić information content (AvgIpc) is 3.31. The molecule has 0 radical (unpaired) electrons. The zero-order valence-corrected chi connectivity index (χ0v) is 15.8. The van der Waals surface area contributed by atoms with Crippen LogP contribution in [0.2, 0.25) is 0 Å². The molecule has 0 atom stereocenters. The number of nitrogens with zero attached hydrogens (tertiary/aromatic N) is 4. The molecule has 28 heavy (non-hydrogen) atoms. The van der Waals surface area contributed by atoms with Crippen molar-refractivity contribution in [1.82, 2.24) is 19.7 Å². The lowest BCUT2D eigenvalue weighted by Gasteiger charge is -2.00. The summed E-state index contributed by atoms with van der Waals surface area (Å²) in [5, 5.41) is 14.6. The number of hydrogen-bond donors (Lipinski definition) is 1. The minimum absolute atomic E-state index is 0.258. The number of pyridine rings is 1. The highest BCUT2D eigenvalue weighted by molar-refractivity contribution is 7.14. The summed E-state index contributed by atoms with van der Waals surface area (Å²) >= 11 is 1.16. The molecule has 1 N–H and O–H groups in total. The van der Waals surface area contributed by atoms with Gasteiger partial charge in [0.25, 0.3) is 0 Å². The summed E-state index contributed by atoms with van der Waals surface area (Å²) in [7, 11) is 0. The fraction of sp³-hybridized carbons (Fsp3) is 0.0476. The van der Waals surface area contributed by atoms with Crippen LogP contribution < -0.4 is 0 Å². The minimum Gasteiger partial charge on any atom is -0.477 e. The van der Waals surface area contributed by atoms with E-state index in [1.54, 1.807) is 19.3 Å². The first-order chi connectivity index (χ1) is 13.6. The van der Waals surface area contributed by atoms with Crippen molar-refractivity contribution in [2.24, 2.45) is 0 Å². The van der Waals surface area contributed by atoms with Crippen molar-refractivity contribution in [3.05, 3.63) is 82.2 Å². The first-order valence-corrected chi connectivity index (χ1v) is 9.38. The van der Waals surface area contributed by atoms with Crippen LogP contribution in [0.15, 0.2) is 61.1 Å². The summed E-state index contributed by atoms with van der Waals surface area (Å²) in [6, 6.07) is 13.7. The summed E-state index contributed by atoms with van der Waals surface area (Å²) < 4.78 is 1.82. The topological polar surface area (TPSA) is 80.9 Å². The number of thiazole rings is 1. The molecular formula is C21H16N4O2S. The highest BCUT2D eigenvalue weighted by Gasteiger charge is 2.14. The van der Waals surface area contributed by atoms with Crippen molar-refractivity contribution in [2.75, 3.05) is 0 Å². The molecule has 0 aliphatic carbocycles. The quantitative estimate of drug-likeness (QED) is 0.542. The fourth-order valence-corrected chi connectivity index (χ4v) is 3.61. The van der Waals surface area contributed by atoms with Gasteiger partial charge in [-0.25, -0.2) is 14.5 Å². The Balaban J connectivity index is 1.76. The summed E-state index contributed by atoms with van der Waals surface area (Å²) in [6.45, 7) is 1.70. The standard InChI is InChI=1S/C21H16N4O2S/c1-14-20(21(26)27)28-18(23-14)8-7-16-13-25(17-5-3-2-4-6-17)24-19(16)15-9-11-22-12-10-15/h2-13H,1H3,(H,26,27)/b8-7+. The maximum absolute atomic E-state index is 11.2. The van der Waals surface area contributed by atoms with E-state index in [0.29, 0.717) is 10.7 Å². The van der Waals surface area contributed by atoms with Crippen LogP contribution in [0.1, 0.15) is 25.9 Å². The molecule has 0 unspecified atom stereocenters. The Morgan fingerprint density at radius 3 is 2.54 bits per heavy atom. The van der Waals surface area contributed by atoms with E-state index in [1.807, 2.05) is 65.5 Å². The van der Waals surface area contributed by atoms with Crippen molar-refractivity contribution < 1.29 is 9.90 Å². The van der Waals surface area contributed by atoms with Gasteiger partial charge in [-0.2, -0.15) is 5.10 Å². The Morgan fingerprint density at radius 1 is 1.11 bits per heavy atom. The Kier molecular flexibility index (Phi) is 4.82. The predicted molar refractivity (Wildman–Crippen MR) is 110 cm³/mol. The normalized spacial score (nSPS) is 11.2. The van der Waals surface area contributed by atoms with E-state index in [9.17, 15) is 9.90 Å². The third-order valence-corrected chi connectivity index (χ3v) is 5.24. The number of carboxylic acid groups (broad SMARTS) is 1. The van der Waals surface area contributed by atoms with Gasteiger partial charge in [0.05, 0.1) is 11.4 Å². The second kappa shape index (κ2) is 7.58. The van der Waals surface area contributed by atoms with Gasteiger partial charge < -0.3 is 5.11 Å². The van der Waals surface area contributed by atoms with Gasteiger partial charge in [-0.1, -0.05) is 18.2 Å². The monoisotopic (exact) mass is 388 g/mol. The van der Waals surface area contributed by atoms with Gasteiger partial charge in [0.2, 0.25) is 0 Å². The van der Waals surface area contributed by atoms with Crippen LogP contribution in [0.25, 0.3) is 29.1 Å². The molecule has 0 saturated heterocycles. The Morgan fingerprint density at radius 2 is 1.86 bits per heavy atom. The highest BCUT2D eigenvalue weighted by atomic mass is 32.1. The zero-order valence-electron chi connectivity index (χ0n) is 15.0. The van der Waals surface area contributed by atoms with Gasteiger partial charge in [-0.15, -0.1) is 11.3 Å². The van der Waals surface area contributed by atoms with E-state index >= 15 is 0 Å². The van der Waals surface area contributed by atoms with E-state index in [0.717, 1.165) is 33.8 Å². The molecule has 0 amide bonds. The second-order valence-corrected chi connectivity index (χ2v) is 7.08. The molecule has 0 fully saturated rings. The SMILES string of the molecule is Cc1nc(/C=C/c2cn(-c3ccccc3)nc2-c2ccncc2)sc1C(=O)O. The fourth-order valence-electron chi connectivity index (χ4n) is 2.80. The molecule has 6 nitrogen and oxygen atoms in total. The Hall–Kier alpha value is -3.58. The van der Waals surface area contributed by atoms with Crippen molar-refractivity contribution >= 4 is 29.5 Å². The number of para-hydroxylation sites is 1. The largest absolute Gasteiger partial charge is 0.477 e. The van der Waals surface area contributed by atoms with Crippen LogP contribution in [-0.4, -0.2) is 30.8 Å². The molecule has 0 aliphatic heterocycles. The lowest BCUT2D eigenvalue weighted by molar-refractivity contribution is 0.0701. The van der Waals surface area contributed by atoms with E-state index in [4.69, 9.17) is 5.10 Å². The van der Waals surface area contributed by atoms with Crippen molar-refractivity contribution in [2.45, 2.75) is 6.92 Å². The third-order valence-electron chi connectivity index (χ3n) is 4.13. The lowest BCUT2D eigenvalue weighted by Crippen LogP contribution is -1.94. The number of carbonyl (C=O) groups is 1. The number of hydrogen-bond acceptors (Lipinski definition) is 5. The second-order valence-electron chi connectivity index (χ2n) is 6.05. The van der Waals surface area contributed by atoms with Crippen LogP contribution >= 0.6 is 11.3 Å². The zero-order chi connectivity index (χ0) is 19.5. The predicted octanol–water partition coefficient (Wildman–Crippen LogP) is 4.57. The van der Waals surface area contributed by atoms with Gasteiger partial charge >= 0.3 is 5.97 Å². The first-order valence-electron chi connectivity index (χ1n) is 8.56. The Bertz CT molecular complexity index is 1150. The van der Waals surface area contributed by atoms with Crippen molar-refractivity contribution in [3.8, 4) is 16.9 Å². The van der Waals surface area contributed by atoms with E-state index in [2.05, 4.69) is 9.97 Å². The highest BCUT2D eigenvalue weighted by Crippen LogP contribution is 2.26. The number of aromatic carboxylic acids is 1. The molecule has 0 aliphatic rings. The molecule has 4 rings (SSSR count). The maximum Gasteiger partial charge on any atom is 0.347 e. The molecule has 0 bridgehead atoms. The van der Waals surface area contributed by atoms with Gasteiger partial charge in [0, 0.05) is 29.7 Å².